The molecule has 4 heteroatoms. The molecule has 37 heavy (non-hydrogen) atoms. The Balaban J connectivity index is 1.45. The van der Waals surface area contributed by atoms with E-state index in [0.29, 0.717) is 19.6 Å². The number of rotatable bonds is 21. The van der Waals surface area contributed by atoms with Crippen LogP contribution < -0.4 is 4.74 Å². The highest BCUT2D eigenvalue weighted by atomic mass is 16.5. The van der Waals surface area contributed by atoms with Gasteiger partial charge in [-0.1, -0.05) is 94.3 Å². The molecule has 0 heterocycles. The first-order valence-electron chi connectivity index (χ1n) is 14.7. The van der Waals surface area contributed by atoms with E-state index >= 15 is 0 Å². The number of ether oxygens (including phenoxy) is 2. The van der Waals surface area contributed by atoms with Crippen molar-refractivity contribution in [3.8, 4) is 5.75 Å². The van der Waals surface area contributed by atoms with Crippen LogP contribution in [0.3, 0.4) is 0 Å². The number of hydrogen-bond acceptors (Lipinski definition) is 3. The van der Waals surface area contributed by atoms with Gasteiger partial charge in [0.25, 0.3) is 0 Å². The number of unbranched alkanes of at least 4 members (excludes halogenated alkanes) is 8. The van der Waals surface area contributed by atoms with E-state index < -0.39 is 0 Å². The summed E-state index contributed by atoms with van der Waals surface area (Å²) in [4.78, 5) is 12.1. The Morgan fingerprint density at radius 1 is 0.703 bits per heavy atom. The van der Waals surface area contributed by atoms with Crippen molar-refractivity contribution in [3.05, 3.63) is 65.7 Å². The van der Waals surface area contributed by atoms with Gasteiger partial charge in [0.15, 0.2) is 0 Å². The molecule has 2 aromatic rings. The lowest BCUT2D eigenvalue weighted by atomic mass is 10.0. The number of benzene rings is 2. The maximum absolute atomic E-state index is 12.1. The number of nitrogens with zero attached hydrogens (tertiary/aromatic N) is 1. The molecule has 2 aromatic carbocycles. The first-order valence-corrected chi connectivity index (χ1v) is 14.7. The van der Waals surface area contributed by atoms with Gasteiger partial charge in [0, 0.05) is 12.0 Å². The lowest BCUT2D eigenvalue weighted by Crippen LogP contribution is -2.39. The largest absolute Gasteiger partial charge is 0.494 e. The molecule has 0 unspecified atom stereocenters. The predicted molar refractivity (Wildman–Crippen MR) is 155 cm³/mol. The average Bonchev–Trinajstić information content (AvgIpc) is 2.88. The third-order valence-corrected chi connectivity index (χ3v) is 6.91. The molecule has 0 amide bonds. The Hall–Kier alpha value is -2.33. The Morgan fingerprint density at radius 2 is 1.35 bits per heavy atom. The molecule has 0 aromatic heterocycles. The molecule has 0 saturated heterocycles. The zero-order valence-electron chi connectivity index (χ0n) is 23.9. The minimum absolute atomic E-state index is 0.0901. The highest BCUT2D eigenvalue weighted by Gasteiger charge is 2.16. The minimum atomic E-state index is -0.0901. The maximum atomic E-state index is 12.1. The molecule has 0 aliphatic carbocycles. The monoisotopic (exact) mass is 510 g/mol. The second-order valence-electron chi connectivity index (χ2n) is 11.1. The van der Waals surface area contributed by atoms with E-state index in [1.54, 1.807) is 0 Å². The fourth-order valence-corrected chi connectivity index (χ4v) is 4.68. The van der Waals surface area contributed by atoms with Crippen LogP contribution in [0.1, 0.15) is 95.1 Å². The van der Waals surface area contributed by atoms with Gasteiger partial charge in [-0.3, -0.25) is 4.79 Å². The standard InChI is InChI=1S/C33H52NO3/c1-4-5-6-7-8-9-10-12-18-30-22-24-32(25-23-30)36-27-15-16-28-37-33(35)21-17-26-34(2,3)29-31-19-13-11-14-20-31/h11,13-14,19-20,22-25H,4-10,12,15-18,21,26-29H2,1-3H3/q+1. The van der Waals surface area contributed by atoms with Gasteiger partial charge in [-0.15, -0.1) is 0 Å². The first-order chi connectivity index (χ1) is 18.0. The van der Waals surface area contributed by atoms with Crippen LogP contribution in [-0.2, 0) is 22.5 Å². The Kier molecular flexibility index (Phi) is 15.7. The number of carbonyl (C=O) groups is 1. The molecule has 0 bridgehead atoms. The van der Waals surface area contributed by atoms with E-state index in [0.717, 1.165) is 49.0 Å². The second-order valence-corrected chi connectivity index (χ2v) is 11.1. The molecule has 0 saturated carbocycles. The van der Waals surface area contributed by atoms with E-state index in [9.17, 15) is 4.79 Å². The van der Waals surface area contributed by atoms with Crippen molar-refractivity contribution in [1.82, 2.24) is 0 Å². The molecule has 4 nitrogen and oxygen atoms in total. The van der Waals surface area contributed by atoms with Gasteiger partial charge in [-0.2, -0.15) is 0 Å². The number of quaternary nitrogens is 1. The lowest BCUT2D eigenvalue weighted by molar-refractivity contribution is -0.903. The Labute approximate surface area is 227 Å². The van der Waals surface area contributed by atoms with Gasteiger partial charge >= 0.3 is 5.97 Å². The third-order valence-electron chi connectivity index (χ3n) is 6.91. The SMILES string of the molecule is CCCCCCCCCCc1ccc(OCCCCOC(=O)CCC[N+](C)(C)Cc2ccccc2)cc1. The summed E-state index contributed by atoms with van der Waals surface area (Å²) in [5, 5.41) is 0. The zero-order chi connectivity index (χ0) is 26.6. The van der Waals surface area contributed by atoms with Crippen molar-refractivity contribution in [2.24, 2.45) is 0 Å². The fraction of sp³-hybridized carbons (Fsp3) is 0.606. The van der Waals surface area contributed by atoms with Gasteiger partial charge < -0.3 is 14.0 Å². The summed E-state index contributed by atoms with van der Waals surface area (Å²) in [5.41, 5.74) is 2.72. The second kappa shape index (κ2) is 18.8. The van der Waals surface area contributed by atoms with Crippen molar-refractivity contribution >= 4 is 5.97 Å². The molecule has 0 atom stereocenters. The summed E-state index contributed by atoms with van der Waals surface area (Å²) < 4.78 is 12.2. The highest BCUT2D eigenvalue weighted by Crippen LogP contribution is 2.16. The average molecular weight is 511 g/mol. The van der Waals surface area contributed by atoms with Crippen molar-refractivity contribution in [2.45, 2.75) is 96.9 Å². The Morgan fingerprint density at radius 3 is 2.05 bits per heavy atom. The molecular weight excluding hydrogens is 458 g/mol. The summed E-state index contributed by atoms with van der Waals surface area (Å²) in [6.45, 7) is 5.32. The summed E-state index contributed by atoms with van der Waals surface area (Å²) in [5.74, 6) is 0.834. The van der Waals surface area contributed by atoms with Crippen LogP contribution in [-0.4, -0.2) is 44.3 Å². The molecule has 2 rings (SSSR count). The third kappa shape index (κ3) is 15.5. The number of hydrogen-bond donors (Lipinski definition) is 0. The van der Waals surface area contributed by atoms with Crippen molar-refractivity contribution in [3.63, 3.8) is 0 Å². The number of carbonyl (C=O) groups excluding carboxylic acids is 1. The number of esters is 1. The molecule has 0 fully saturated rings. The van der Waals surface area contributed by atoms with Gasteiger partial charge in [0.1, 0.15) is 12.3 Å². The van der Waals surface area contributed by atoms with E-state index in [1.807, 2.05) is 6.07 Å². The highest BCUT2D eigenvalue weighted by molar-refractivity contribution is 5.69. The van der Waals surface area contributed by atoms with Crippen LogP contribution in [0.5, 0.6) is 5.75 Å². The summed E-state index contributed by atoms with van der Waals surface area (Å²) >= 11 is 0. The molecule has 0 aliphatic rings. The van der Waals surface area contributed by atoms with E-state index in [1.165, 1.54) is 62.5 Å². The quantitative estimate of drug-likeness (QED) is 0.0966. The maximum Gasteiger partial charge on any atom is 0.306 e. The molecule has 0 spiro atoms. The molecule has 0 aliphatic heterocycles. The first kappa shape index (κ1) is 30.9. The van der Waals surface area contributed by atoms with Crippen LogP contribution in [0.4, 0.5) is 0 Å². The van der Waals surface area contributed by atoms with Crippen LogP contribution >= 0.6 is 0 Å². The van der Waals surface area contributed by atoms with Crippen LogP contribution in [0.25, 0.3) is 0 Å². The van der Waals surface area contributed by atoms with Crippen molar-refractivity contribution in [2.75, 3.05) is 33.9 Å². The zero-order valence-corrected chi connectivity index (χ0v) is 23.9. The van der Waals surface area contributed by atoms with Crippen molar-refractivity contribution in [1.29, 1.82) is 0 Å². The normalized spacial score (nSPS) is 11.4. The number of aryl methyl sites for hydroxylation is 1. The van der Waals surface area contributed by atoms with Gasteiger partial charge in [-0.05, 0) is 43.4 Å². The van der Waals surface area contributed by atoms with Crippen molar-refractivity contribution < 1.29 is 18.8 Å². The van der Waals surface area contributed by atoms with Gasteiger partial charge in [-0.25, -0.2) is 0 Å². The van der Waals surface area contributed by atoms with E-state index in [4.69, 9.17) is 9.47 Å². The minimum Gasteiger partial charge on any atom is -0.494 e. The molecule has 0 radical (unpaired) electrons. The van der Waals surface area contributed by atoms with Crippen LogP contribution in [0.2, 0.25) is 0 Å². The fourth-order valence-electron chi connectivity index (χ4n) is 4.68. The van der Waals surface area contributed by atoms with Crippen LogP contribution in [0.15, 0.2) is 54.6 Å². The lowest BCUT2D eigenvalue weighted by Gasteiger charge is -2.29. The topological polar surface area (TPSA) is 35.5 Å². The van der Waals surface area contributed by atoms with Crippen LogP contribution in [0, 0.1) is 0 Å². The summed E-state index contributed by atoms with van der Waals surface area (Å²) in [7, 11) is 4.42. The van der Waals surface area contributed by atoms with E-state index in [2.05, 4.69) is 69.6 Å². The molecule has 206 valence electrons. The molecular formula is C33H52NO3+. The van der Waals surface area contributed by atoms with Gasteiger partial charge in [0.05, 0.1) is 40.3 Å². The summed E-state index contributed by atoms with van der Waals surface area (Å²) in [6, 6.07) is 19.1. The smallest absolute Gasteiger partial charge is 0.306 e. The van der Waals surface area contributed by atoms with E-state index in [-0.39, 0.29) is 5.97 Å². The predicted octanol–water partition coefficient (Wildman–Crippen LogP) is 8.13. The summed E-state index contributed by atoms with van der Waals surface area (Å²) in [6.07, 6.45) is 15.1. The molecule has 0 N–H and O–H groups in total. The Bertz CT molecular complexity index is 832. The van der Waals surface area contributed by atoms with Gasteiger partial charge in [0.2, 0.25) is 0 Å².